The van der Waals surface area contributed by atoms with E-state index >= 15 is 0 Å². The summed E-state index contributed by atoms with van der Waals surface area (Å²) in [4.78, 5) is 16.6. The molecule has 0 saturated heterocycles. The van der Waals surface area contributed by atoms with Gasteiger partial charge in [-0.1, -0.05) is 24.3 Å². The number of aromatic nitrogens is 1. The van der Waals surface area contributed by atoms with Crippen molar-refractivity contribution < 1.29 is 13.2 Å². The molecule has 1 aliphatic rings. The smallest absolute Gasteiger partial charge is 0.262 e. The van der Waals surface area contributed by atoms with E-state index in [9.17, 15) is 13.2 Å². The normalized spacial score (nSPS) is 12.9. The van der Waals surface area contributed by atoms with E-state index in [4.69, 9.17) is 0 Å². The molecule has 1 aliphatic heterocycles. The van der Waals surface area contributed by atoms with Gasteiger partial charge in [0.15, 0.2) is 0 Å². The number of nitrogens with one attached hydrogen (secondary N) is 2. The Bertz CT molecular complexity index is 1390. The summed E-state index contributed by atoms with van der Waals surface area (Å²) < 4.78 is 28.8. The third-order valence-electron chi connectivity index (χ3n) is 4.83. The van der Waals surface area contributed by atoms with Crippen molar-refractivity contribution in [2.24, 2.45) is 0 Å². The van der Waals surface area contributed by atoms with Crippen molar-refractivity contribution in [3.05, 3.63) is 70.5 Å². The molecule has 6 nitrogen and oxygen atoms in total. The summed E-state index contributed by atoms with van der Waals surface area (Å²) in [6.45, 7) is 1.94. The lowest BCUT2D eigenvalue weighted by atomic mass is 10.1. The van der Waals surface area contributed by atoms with Gasteiger partial charge in [-0.15, -0.1) is 11.3 Å². The first-order valence-electron chi connectivity index (χ1n) is 8.85. The Balaban J connectivity index is 1.51. The van der Waals surface area contributed by atoms with Crippen LogP contribution in [0.5, 0.6) is 0 Å². The Kier molecular flexibility index (Phi) is 3.94. The van der Waals surface area contributed by atoms with E-state index in [2.05, 4.69) is 15.0 Å². The first-order valence-corrected chi connectivity index (χ1v) is 11.2. The van der Waals surface area contributed by atoms with Gasteiger partial charge in [-0.05, 0) is 37.3 Å². The van der Waals surface area contributed by atoms with Crippen molar-refractivity contribution in [2.75, 3.05) is 10.0 Å². The molecule has 0 fully saturated rings. The second-order valence-electron chi connectivity index (χ2n) is 6.73. The van der Waals surface area contributed by atoms with Crippen LogP contribution in [-0.2, 0) is 10.0 Å². The second kappa shape index (κ2) is 6.40. The molecule has 0 saturated carbocycles. The molecular formula is C21H15N3O3S2. The van der Waals surface area contributed by atoms with Gasteiger partial charge in [-0.25, -0.2) is 13.4 Å². The monoisotopic (exact) mass is 421 g/mol. The molecule has 0 unspecified atom stereocenters. The van der Waals surface area contributed by atoms with Crippen molar-refractivity contribution in [3.8, 4) is 11.3 Å². The van der Waals surface area contributed by atoms with E-state index in [0.717, 1.165) is 16.3 Å². The maximum Gasteiger partial charge on any atom is 0.262 e. The topological polar surface area (TPSA) is 88.2 Å². The number of sulfonamides is 1. The third-order valence-corrected chi connectivity index (χ3v) is 7.05. The largest absolute Gasteiger partial charge is 0.321 e. The van der Waals surface area contributed by atoms with Gasteiger partial charge in [0.2, 0.25) is 0 Å². The van der Waals surface area contributed by atoms with Crippen LogP contribution in [0.4, 0.5) is 11.4 Å². The predicted octanol–water partition coefficient (Wildman–Crippen LogP) is 4.64. The molecule has 5 rings (SSSR count). The molecular weight excluding hydrogens is 406 g/mol. The van der Waals surface area contributed by atoms with Crippen LogP contribution in [0.1, 0.15) is 15.4 Å². The molecule has 4 aromatic rings. The number of carbonyl (C=O) groups excluding carboxylic acids is 1. The highest BCUT2D eigenvalue weighted by atomic mass is 32.2. The molecule has 3 aromatic carbocycles. The molecule has 0 radical (unpaired) electrons. The van der Waals surface area contributed by atoms with E-state index in [1.807, 2.05) is 24.4 Å². The SMILES string of the molecule is Cc1nc(-c2ccc(NS(=O)(=O)c3ccc4c5c(cccc35)C(=O)N4)cc2)cs1. The Morgan fingerprint density at radius 1 is 1.03 bits per heavy atom. The summed E-state index contributed by atoms with van der Waals surface area (Å²) >= 11 is 1.57. The van der Waals surface area contributed by atoms with Crippen LogP contribution in [0.3, 0.4) is 0 Å². The molecule has 8 heteroatoms. The molecule has 2 heterocycles. The van der Waals surface area contributed by atoms with Gasteiger partial charge >= 0.3 is 0 Å². The van der Waals surface area contributed by atoms with Crippen LogP contribution in [0.15, 0.2) is 64.9 Å². The van der Waals surface area contributed by atoms with E-state index in [-0.39, 0.29) is 10.8 Å². The van der Waals surface area contributed by atoms with Gasteiger partial charge in [0.1, 0.15) is 0 Å². The number of nitrogens with zero attached hydrogens (tertiary/aromatic N) is 1. The summed E-state index contributed by atoms with van der Waals surface area (Å²) in [5.41, 5.74) is 3.36. The summed E-state index contributed by atoms with van der Waals surface area (Å²) in [6.07, 6.45) is 0. The summed E-state index contributed by atoms with van der Waals surface area (Å²) in [6, 6.07) is 15.3. The predicted molar refractivity (Wildman–Crippen MR) is 115 cm³/mol. The van der Waals surface area contributed by atoms with Crippen molar-refractivity contribution in [1.82, 2.24) is 4.98 Å². The lowest BCUT2D eigenvalue weighted by molar-refractivity contribution is 0.103. The number of hydrogen-bond acceptors (Lipinski definition) is 5. The molecule has 0 atom stereocenters. The molecule has 144 valence electrons. The molecule has 0 spiro atoms. The number of benzene rings is 3. The molecule has 1 amide bonds. The zero-order valence-corrected chi connectivity index (χ0v) is 16.9. The maximum atomic E-state index is 13.1. The van der Waals surface area contributed by atoms with Crippen molar-refractivity contribution in [3.63, 3.8) is 0 Å². The number of carbonyl (C=O) groups is 1. The van der Waals surface area contributed by atoms with Gasteiger partial charge in [-0.2, -0.15) is 0 Å². The number of hydrogen-bond donors (Lipinski definition) is 2. The lowest BCUT2D eigenvalue weighted by Gasteiger charge is -2.11. The van der Waals surface area contributed by atoms with Crippen LogP contribution in [0.25, 0.3) is 22.0 Å². The van der Waals surface area contributed by atoms with E-state index in [1.54, 1.807) is 47.7 Å². The van der Waals surface area contributed by atoms with Gasteiger partial charge in [0.25, 0.3) is 15.9 Å². The molecule has 0 aliphatic carbocycles. The zero-order chi connectivity index (χ0) is 20.2. The Labute approximate surface area is 171 Å². The first kappa shape index (κ1) is 17.8. The average Bonchev–Trinajstić information content (AvgIpc) is 3.27. The van der Waals surface area contributed by atoms with Gasteiger partial charge in [0.05, 0.1) is 15.6 Å². The van der Waals surface area contributed by atoms with Gasteiger partial charge < -0.3 is 5.32 Å². The summed E-state index contributed by atoms with van der Waals surface area (Å²) in [5, 5.41) is 6.86. The molecule has 1 aromatic heterocycles. The van der Waals surface area contributed by atoms with Crippen molar-refractivity contribution in [1.29, 1.82) is 0 Å². The highest BCUT2D eigenvalue weighted by molar-refractivity contribution is 7.93. The van der Waals surface area contributed by atoms with Gasteiger partial charge in [-0.3, -0.25) is 9.52 Å². The molecule has 29 heavy (non-hydrogen) atoms. The fraction of sp³-hybridized carbons (Fsp3) is 0.0476. The van der Waals surface area contributed by atoms with Crippen molar-refractivity contribution >= 4 is 49.4 Å². The maximum absolute atomic E-state index is 13.1. The fourth-order valence-corrected chi connectivity index (χ4v) is 5.40. The lowest BCUT2D eigenvalue weighted by Crippen LogP contribution is -2.13. The van der Waals surface area contributed by atoms with Crippen LogP contribution < -0.4 is 10.0 Å². The Morgan fingerprint density at radius 3 is 2.55 bits per heavy atom. The minimum absolute atomic E-state index is 0.133. The number of anilines is 2. The minimum atomic E-state index is -3.84. The molecule has 0 bridgehead atoms. The van der Waals surface area contributed by atoms with E-state index in [0.29, 0.717) is 27.7 Å². The standard InChI is InChI=1S/C21H15N3O3S2/c1-12-22-18(11-28-12)13-5-7-14(8-6-13)24-29(26,27)19-10-9-17-20-15(19)3-2-4-16(20)21(25)23-17/h2-11,24H,1H3,(H,23,25). The Morgan fingerprint density at radius 2 is 1.83 bits per heavy atom. The number of amides is 1. The van der Waals surface area contributed by atoms with Crippen molar-refractivity contribution in [2.45, 2.75) is 11.8 Å². The first-order chi connectivity index (χ1) is 13.9. The molecule has 2 N–H and O–H groups in total. The summed E-state index contributed by atoms with van der Waals surface area (Å²) in [7, 11) is -3.84. The highest BCUT2D eigenvalue weighted by Gasteiger charge is 2.26. The van der Waals surface area contributed by atoms with Crippen LogP contribution >= 0.6 is 11.3 Å². The minimum Gasteiger partial charge on any atom is -0.321 e. The van der Waals surface area contributed by atoms with E-state index in [1.165, 1.54) is 6.07 Å². The van der Waals surface area contributed by atoms with Crippen LogP contribution in [0, 0.1) is 6.92 Å². The van der Waals surface area contributed by atoms with Crippen LogP contribution in [-0.4, -0.2) is 19.3 Å². The number of thiazole rings is 1. The number of rotatable bonds is 4. The van der Waals surface area contributed by atoms with E-state index < -0.39 is 10.0 Å². The van der Waals surface area contributed by atoms with Gasteiger partial charge in [0, 0.05) is 38.7 Å². The average molecular weight is 422 g/mol. The quantitative estimate of drug-likeness (QED) is 0.503. The third kappa shape index (κ3) is 2.97. The second-order valence-corrected chi connectivity index (χ2v) is 9.44. The summed E-state index contributed by atoms with van der Waals surface area (Å²) in [5.74, 6) is -0.221. The Hall–Kier alpha value is -3.23. The van der Waals surface area contributed by atoms with Crippen LogP contribution in [0.2, 0.25) is 0 Å². The fourth-order valence-electron chi connectivity index (χ4n) is 3.51. The zero-order valence-electron chi connectivity index (χ0n) is 15.3. The highest BCUT2D eigenvalue weighted by Crippen LogP contribution is 2.37. The number of aryl methyl sites for hydroxylation is 1.